The molecule has 0 saturated carbocycles. The number of benzene rings is 2. The highest BCUT2D eigenvalue weighted by Crippen LogP contribution is 2.29. The molecule has 3 rings (SSSR count). The van der Waals surface area contributed by atoms with E-state index >= 15 is 0 Å². The number of carboxylic acids is 1. The van der Waals surface area contributed by atoms with Gasteiger partial charge in [-0.15, -0.1) is 0 Å². The molecule has 0 radical (unpaired) electrons. The first kappa shape index (κ1) is 21.1. The third-order valence-electron chi connectivity index (χ3n) is 4.67. The number of carboxylic acid groups (broad SMARTS) is 1. The first-order valence-electron chi connectivity index (χ1n) is 9.72. The average Bonchev–Trinajstić information content (AvgIpc) is 2.73. The zero-order chi connectivity index (χ0) is 21.7. The average molecular weight is 409 g/mol. The standard InChI is InChI=1S/C23H23NO6/c1-3-7-19(23(27)28)24-22(26)14(2)29-16-10-11-17-18(15-8-5-4-6-9-15)13-21(25)30-20(17)12-16/h4-6,8-14,19H,3,7H2,1-2H3,(H,24,26)(H,27,28)/t14-,19+/m1/s1. The number of hydrogen-bond acceptors (Lipinski definition) is 5. The second-order valence-electron chi connectivity index (χ2n) is 6.95. The van der Waals surface area contributed by atoms with Gasteiger partial charge in [0.25, 0.3) is 5.91 Å². The van der Waals surface area contributed by atoms with Gasteiger partial charge in [0.2, 0.25) is 0 Å². The Morgan fingerprint density at radius 1 is 1.13 bits per heavy atom. The highest BCUT2D eigenvalue weighted by Gasteiger charge is 2.23. The van der Waals surface area contributed by atoms with E-state index in [9.17, 15) is 19.5 Å². The Kier molecular flexibility index (Phi) is 6.51. The van der Waals surface area contributed by atoms with Crippen LogP contribution in [0.5, 0.6) is 5.75 Å². The number of aliphatic carboxylic acids is 1. The Morgan fingerprint density at radius 2 is 1.87 bits per heavy atom. The molecule has 7 heteroatoms. The van der Waals surface area contributed by atoms with Crippen molar-refractivity contribution >= 4 is 22.8 Å². The van der Waals surface area contributed by atoms with E-state index < -0.39 is 29.6 Å². The van der Waals surface area contributed by atoms with Crippen molar-refractivity contribution in [2.75, 3.05) is 0 Å². The molecule has 0 saturated heterocycles. The number of carbonyl (C=O) groups is 2. The topological polar surface area (TPSA) is 106 Å². The predicted molar refractivity (Wildman–Crippen MR) is 112 cm³/mol. The van der Waals surface area contributed by atoms with Crippen molar-refractivity contribution in [1.29, 1.82) is 0 Å². The molecule has 0 bridgehead atoms. The van der Waals surface area contributed by atoms with Crippen molar-refractivity contribution in [3.63, 3.8) is 0 Å². The second kappa shape index (κ2) is 9.26. The van der Waals surface area contributed by atoms with Gasteiger partial charge in [0.15, 0.2) is 6.10 Å². The highest BCUT2D eigenvalue weighted by molar-refractivity contribution is 5.94. The Hall–Kier alpha value is -3.61. The van der Waals surface area contributed by atoms with Crippen molar-refractivity contribution in [2.24, 2.45) is 0 Å². The Balaban J connectivity index is 1.83. The molecule has 156 valence electrons. The van der Waals surface area contributed by atoms with Crippen molar-refractivity contribution in [3.05, 3.63) is 65.0 Å². The maximum atomic E-state index is 12.3. The number of amides is 1. The molecule has 7 nitrogen and oxygen atoms in total. The molecule has 0 unspecified atom stereocenters. The minimum Gasteiger partial charge on any atom is -0.481 e. The molecule has 30 heavy (non-hydrogen) atoms. The highest BCUT2D eigenvalue weighted by atomic mass is 16.5. The van der Waals surface area contributed by atoms with Crippen LogP contribution in [0.3, 0.4) is 0 Å². The lowest BCUT2D eigenvalue weighted by Crippen LogP contribution is -2.46. The molecule has 0 fully saturated rings. The summed E-state index contributed by atoms with van der Waals surface area (Å²) in [6, 6.07) is 14.9. The van der Waals surface area contributed by atoms with Crippen LogP contribution in [0.4, 0.5) is 0 Å². The van der Waals surface area contributed by atoms with Gasteiger partial charge < -0.3 is 19.6 Å². The lowest BCUT2D eigenvalue weighted by molar-refractivity contribution is -0.143. The molecule has 0 aliphatic carbocycles. The van der Waals surface area contributed by atoms with Gasteiger partial charge in [0.05, 0.1) is 0 Å². The fourth-order valence-electron chi connectivity index (χ4n) is 3.17. The fraction of sp³-hybridized carbons (Fsp3) is 0.261. The molecule has 1 heterocycles. The summed E-state index contributed by atoms with van der Waals surface area (Å²) in [5.41, 5.74) is 1.46. The SMILES string of the molecule is CCC[C@H](NC(=O)[C@@H](C)Oc1ccc2c(-c3ccccc3)cc(=O)oc2c1)C(=O)O. The summed E-state index contributed by atoms with van der Waals surface area (Å²) in [6.45, 7) is 3.37. The van der Waals surface area contributed by atoms with Crippen molar-refractivity contribution in [2.45, 2.75) is 38.8 Å². The van der Waals surface area contributed by atoms with E-state index in [1.165, 1.54) is 13.0 Å². The minimum absolute atomic E-state index is 0.331. The number of carbonyl (C=O) groups excluding carboxylic acids is 1. The molecule has 2 aromatic carbocycles. The largest absolute Gasteiger partial charge is 0.481 e. The zero-order valence-electron chi connectivity index (χ0n) is 16.8. The summed E-state index contributed by atoms with van der Waals surface area (Å²) < 4.78 is 11.0. The lowest BCUT2D eigenvalue weighted by atomic mass is 10.0. The first-order valence-corrected chi connectivity index (χ1v) is 9.72. The smallest absolute Gasteiger partial charge is 0.336 e. The summed E-state index contributed by atoms with van der Waals surface area (Å²) >= 11 is 0. The summed E-state index contributed by atoms with van der Waals surface area (Å²) in [7, 11) is 0. The normalized spacial score (nSPS) is 12.9. The lowest BCUT2D eigenvalue weighted by Gasteiger charge is -2.18. The van der Waals surface area contributed by atoms with Crippen LogP contribution in [0.2, 0.25) is 0 Å². The third kappa shape index (κ3) is 4.86. The second-order valence-corrected chi connectivity index (χ2v) is 6.95. The minimum atomic E-state index is -1.08. The molecule has 2 atom stereocenters. The number of nitrogens with one attached hydrogen (secondary N) is 1. The van der Waals surface area contributed by atoms with Gasteiger partial charge in [-0.1, -0.05) is 43.7 Å². The van der Waals surface area contributed by atoms with Crippen LogP contribution >= 0.6 is 0 Å². The van der Waals surface area contributed by atoms with Crippen molar-refractivity contribution in [1.82, 2.24) is 5.32 Å². The van der Waals surface area contributed by atoms with Gasteiger partial charge in [-0.3, -0.25) is 4.79 Å². The van der Waals surface area contributed by atoms with E-state index in [0.29, 0.717) is 24.2 Å². The van der Waals surface area contributed by atoms with Crippen LogP contribution in [0.1, 0.15) is 26.7 Å². The Morgan fingerprint density at radius 3 is 2.53 bits per heavy atom. The molecule has 0 aliphatic rings. The molecular weight excluding hydrogens is 386 g/mol. The monoisotopic (exact) mass is 409 g/mol. The van der Waals surface area contributed by atoms with Crippen LogP contribution in [0.25, 0.3) is 22.1 Å². The summed E-state index contributed by atoms with van der Waals surface area (Å²) in [5.74, 6) is -1.28. The maximum Gasteiger partial charge on any atom is 0.336 e. The predicted octanol–water partition coefficient (Wildman–Crippen LogP) is 3.60. The van der Waals surface area contributed by atoms with E-state index in [0.717, 1.165) is 16.5 Å². The van der Waals surface area contributed by atoms with Crippen LogP contribution in [-0.2, 0) is 9.59 Å². The zero-order valence-corrected chi connectivity index (χ0v) is 16.8. The van der Waals surface area contributed by atoms with Crippen LogP contribution in [0.15, 0.2) is 63.8 Å². The van der Waals surface area contributed by atoms with Gasteiger partial charge in [-0.25, -0.2) is 9.59 Å². The fourth-order valence-corrected chi connectivity index (χ4v) is 3.17. The van der Waals surface area contributed by atoms with E-state index in [-0.39, 0.29) is 0 Å². The summed E-state index contributed by atoms with van der Waals surface area (Å²) in [6.07, 6.45) is 0.0297. The van der Waals surface area contributed by atoms with Crippen molar-refractivity contribution < 1.29 is 23.8 Å². The molecule has 1 amide bonds. The van der Waals surface area contributed by atoms with Gasteiger partial charge in [0.1, 0.15) is 17.4 Å². The van der Waals surface area contributed by atoms with E-state index in [4.69, 9.17) is 9.15 Å². The van der Waals surface area contributed by atoms with Gasteiger partial charge in [-0.05, 0) is 36.6 Å². The number of hydrogen-bond donors (Lipinski definition) is 2. The summed E-state index contributed by atoms with van der Waals surface area (Å²) in [4.78, 5) is 35.6. The molecular formula is C23H23NO6. The van der Waals surface area contributed by atoms with E-state index in [1.54, 1.807) is 18.2 Å². The Bertz CT molecular complexity index is 1110. The number of rotatable bonds is 8. The number of fused-ring (bicyclic) bond motifs is 1. The van der Waals surface area contributed by atoms with Gasteiger partial charge >= 0.3 is 11.6 Å². The number of ether oxygens (including phenoxy) is 1. The van der Waals surface area contributed by atoms with E-state index in [1.807, 2.05) is 37.3 Å². The molecule has 0 aliphatic heterocycles. The van der Waals surface area contributed by atoms with Crippen LogP contribution < -0.4 is 15.7 Å². The van der Waals surface area contributed by atoms with Crippen LogP contribution in [-0.4, -0.2) is 29.1 Å². The third-order valence-corrected chi connectivity index (χ3v) is 4.67. The molecule has 0 spiro atoms. The summed E-state index contributed by atoms with van der Waals surface area (Å²) in [5, 5.41) is 12.4. The van der Waals surface area contributed by atoms with Crippen LogP contribution in [0, 0.1) is 0 Å². The maximum absolute atomic E-state index is 12.3. The molecule has 1 aromatic heterocycles. The van der Waals surface area contributed by atoms with Gasteiger partial charge in [0, 0.05) is 17.5 Å². The molecule has 2 N–H and O–H groups in total. The Labute approximate surface area is 173 Å². The van der Waals surface area contributed by atoms with E-state index in [2.05, 4.69) is 5.32 Å². The van der Waals surface area contributed by atoms with Gasteiger partial charge in [-0.2, -0.15) is 0 Å². The first-order chi connectivity index (χ1) is 14.4. The molecule has 3 aromatic rings. The van der Waals surface area contributed by atoms with Crippen molar-refractivity contribution in [3.8, 4) is 16.9 Å². The quantitative estimate of drug-likeness (QED) is 0.551.